The molecule has 4 heteroatoms. The Kier molecular flexibility index (Phi) is 3.84. The van der Waals surface area contributed by atoms with E-state index in [1.54, 1.807) is 31.2 Å². The van der Waals surface area contributed by atoms with Gasteiger partial charge in [0.15, 0.2) is 5.60 Å². The molecule has 0 fully saturated rings. The number of carbonyl (C=O) groups excluding carboxylic acids is 1. The Morgan fingerprint density at radius 2 is 1.65 bits per heavy atom. The Balaban J connectivity index is 2.47. The first kappa shape index (κ1) is 13.8. The zero-order valence-electron chi connectivity index (χ0n) is 11.1. The molecule has 101 valence electrons. The maximum atomic E-state index is 10.7. The third kappa shape index (κ3) is 2.54. The van der Waals surface area contributed by atoms with Crippen LogP contribution in [0.2, 0.25) is 0 Å². The molecule has 2 rings (SSSR count). The summed E-state index contributed by atoms with van der Waals surface area (Å²) in [6, 6.07) is 16.5. The molecular formula is C16H15N2O2. The highest BCUT2D eigenvalue weighted by Gasteiger charge is 2.31. The Hall–Kier alpha value is -2.62. The van der Waals surface area contributed by atoms with Gasteiger partial charge >= 0.3 is 6.47 Å². The third-order valence-electron chi connectivity index (χ3n) is 3.32. The maximum absolute atomic E-state index is 10.7. The van der Waals surface area contributed by atoms with Crippen molar-refractivity contribution in [3.8, 4) is 0 Å². The Bertz CT molecular complexity index is 608. The summed E-state index contributed by atoms with van der Waals surface area (Å²) in [7, 11) is 0. The van der Waals surface area contributed by atoms with Gasteiger partial charge in [-0.3, -0.25) is 5.41 Å². The topological polar surface area (TPSA) is 76.2 Å². The molecule has 2 aromatic rings. The molecular weight excluding hydrogens is 252 g/mol. The Morgan fingerprint density at radius 3 is 2.15 bits per heavy atom. The van der Waals surface area contributed by atoms with Crippen molar-refractivity contribution in [2.24, 2.45) is 5.73 Å². The van der Waals surface area contributed by atoms with Crippen molar-refractivity contribution in [1.29, 1.82) is 5.41 Å². The van der Waals surface area contributed by atoms with E-state index < -0.39 is 5.60 Å². The monoisotopic (exact) mass is 267 g/mol. The average Bonchev–Trinajstić information content (AvgIpc) is 2.48. The fraction of sp³-hybridized carbons (Fsp3) is 0.125. The summed E-state index contributed by atoms with van der Waals surface area (Å²) in [6.07, 6.45) is 0. The van der Waals surface area contributed by atoms with Gasteiger partial charge in [-0.15, -0.1) is 0 Å². The molecule has 0 amide bonds. The van der Waals surface area contributed by atoms with Crippen LogP contribution in [0, 0.1) is 5.41 Å². The number of nitrogens with one attached hydrogen (secondary N) is 1. The summed E-state index contributed by atoms with van der Waals surface area (Å²) < 4.78 is 5.21. The molecule has 1 radical (unpaired) electrons. The molecule has 0 aliphatic rings. The number of ether oxygens (including phenoxy) is 1. The third-order valence-corrected chi connectivity index (χ3v) is 3.32. The van der Waals surface area contributed by atoms with Gasteiger partial charge in [0, 0.05) is 5.56 Å². The van der Waals surface area contributed by atoms with Crippen molar-refractivity contribution in [3.05, 3.63) is 71.3 Å². The van der Waals surface area contributed by atoms with Crippen LogP contribution in [0.5, 0.6) is 0 Å². The fourth-order valence-corrected chi connectivity index (χ4v) is 2.09. The number of amidine groups is 1. The molecule has 20 heavy (non-hydrogen) atoms. The minimum Gasteiger partial charge on any atom is -0.441 e. The van der Waals surface area contributed by atoms with E-state index in [0.29, 0.717) is 5.56 Å². The van der Waals surface area contributed by atoms with Crippen LogP contribution in [0.4, 0.5) is 0 Å². The van der Waals surface area contributed by atoms with Crippen LogP contribution in [0.15, 0.2) is 54.6 Å². The SMILES string of the molecule is CC(O[C]=O)(c1ccccc1)c1ccc(C(=N)N)cc1. The molecule has 0 spiro atoms. The van der Waals surface area contributed by atoms with Gasteiger partial charge in [0.05, 0.1) is 0 Å². The predicted molar refractivity (Wildman–Crippen MR) is 77.1 cm³/mol. The lowest BCUT2D eigenvalue weighted by Crippen LogP contribution is -2.27. The van der Waals surface area contributed by atoms with E-state index in [1.807, 2.05) is 30.3 Å². The Labute approximate surface area is 117 Å². The lowest BCUT2D eigenvalue weighted by molar-refractivity contribution is 0.110. The van der Waals surface area contributed by atoms with Gasteiger partial charge in [-0.2, -0.15) is 0 Å². The van der Waals surface area contributed by atoms with E-state index in [1.165, 1.54) is 6.47 Å². The summed E-state index contributed by atoms with van der Waals surface area (Å²) in [5.41, 5.74) is 6.77. The molecule has 0 bridgehead atoms. The van der Waals surface area contributed by atoms with Crippen molar-refractivity contribution in [3.63, 3.8) is 0 Å². The van der Waals surface area contributed by atoms with E-state index >= 15 is 0 Å². The highest BCUT2D eigenvalue weighted by molar-refractivity contribution is 5.94. The minimum absolute atomic E-state index is 0.000771. The predicted octanol–water partition coefficient (Wildman–Crippen LogP) is 2.32. The maximum Gasteiger partial charge on any atom is 0.418 e. The van der Waals surface area contributed by atoms with Crippen molar-refractivity contribution in [2.45, 2.75) is 12.5 Å². The summed E-state index contributed by atoms with van der Waals surface area (Å²) in [6.45, 7) is 3.33. The van der Waals surface area contributed by atoms with Crippen LogP contribution < -0.4 is 5.73 Å². The van der Waals surface area contributed by atoms with Gasteiger partial charge in [-0.1, -0.05) is 54.6 Å². The number of nitrogen functional groups attached to an aromatic ring is 1. The highest BCUT2D eigenvalue weighted by Crippen LogP contribution is 2.32. The van der Waals surface area contributed by atoms with Gasteiger partial charge in [-0.25, -0.2) is 4.79 Å². The number of nitrogens with two attached hydrogens (primary N) is 1. The first-order valence-corrected chi connectivity index (χ1v) is 6.13. The van der Waals surface area contributed by atoms with Crippen LogP contribution >= 0.6 is 0 Å². The highest BCUT2D eigenvalue weighted by atomic mass is 16.5. The zero-order valence-corrected chi connectivity index (χ0v) is 11.1. The van der Waals surface area contributed by atoms with Crippen LogP contribution in [0.3, 0.4) is 0 Å². The largest absolute Gasteiger partial charge is 0.441 e. The molecule has 4 nitrogen and oxygen atoms in total. The number of rotatable bonds is 5. The molecule has 0 saturated heterocycles. The summed E-state index contributed by atoms with van der Waals surface area (Å²) in [5.74, 6) is 0.000771. The molecule has 0 saturated carbocycles. The second-order valence-corrected chi connectivity index (χ2v) is 4.58. The van der Waals surface area contributed by atoms with E-state index in [4.69, 9.17) is 15.9 Å². The first-order chi connectivity index (χ1) is 9.58. The van der Waals surface area contributed by atoms with Crippen LogP contribution in [-0.2, 0) is 15.1 Å². The van der Waals surface area contributed by atoms with Gasteiger partial charge in [0.1, 0.15) is 5.84 Å². The van der Waals surface area contributed by atoms with E-state index in [0.717, 1.165) is 11.1 Å². The standard InChI is InChI=1S/C16H15N2O2/c1-16(20-11-19,13-5-3-2-4-6-13)14-9-7-12(8-10-14)15(17)18/h2-10H,1H3,(H3,17,18). The van der Waals surface area contributed by atoms with Gasteiger partial charge in [0.25, 0.3) is 0 Å². The fourth-order valence-electron chi connectivity index (χ4n) is 2.09. The normalized spacial score (nSPS) is 13.2. The first-order valence-electron chi connectivity index (χ1n) is 6.13. The van der Waals surface area contributed by atoms with Crippen LogP contribution in [-0.4, -0.2) is 12.3 Å². The second-order valence-electron chi connectivity index (χ2n) is 4.58. The lowest BCUT2D eigenvalue weighted by Gasteiger charge is -2.28. The van der Waals surface area contributed by atoms with E-state index in [-0.39, 0.29) is 5.84 Å². The van der Waals surface area contributed by atoms with Crippen molar-refractivity contribution >= 4 is 12.3 Å². The number of hydrogen-bond acceptors (Lipinski definition) is 3. The smallest absolute Gasteiger partial charge is 0.418 e. The van der Waals surface area contributed by atoms with E-state index in [9.17, 15) is 4.79 Å². The molecule has 1 atom stereocenters. The molecule has 0 aliphatic heterocycles. The summed E-state index contributed by atoms with van der Waals surface area (Å²) in [5, 5.41) is 7.39. The summed E-state index contributed by atoms with van der Waals surface area (Å²) >= 11 is 0. The summed E-state index contributed by atoms with van der Waals surface area (Å²) in [4.78, 5) is 10.7. The Morgan fingerprint density at radius 1 is 1.10 bits per heavy atom. The van der Waals surface area contributed by atoms with E-state index in [2.05, 4.69) is 0 Å². The van der Waals surface area contributed by atoms with Gasteiger partial charge < -0.3 is 10.5 Å². The van der Waals surface area contributed by atoms with Crippen LogP contribution in [0.25, 0.3) is 0 Å². The van der Waals surface area contributed by atoms with Gasteiger partial charge in [-0.05, 0) is 18.1 Å². The molecule has 0 aliphatic carbocycles. The zero-order chi connectivity index (χ0) is 14.6. The lowest BCUT2D eigenvalue weighted by atomic mass is 9.87. The van der Waals surface area contributed by atoms with Gasteiger partial charge in [0.2, 0.25) is 0 Å². The second kappa shape index (κ2) is 5.57. The van der Waals surface area contributed by atoms with Crippen molar-refractivity contribution < 1.29 is 9.53 Å². The van der Waals surface area contributed by atoms with Crippen molar-refractivity contribution in [1.82, 2.24) is 0 Å². The van der Waals surface area contributed by atoms with Crippen LogP contribution in [0.1, 0.15) is 23.6 Å². The number of hydrogen-bond donors (Lipinski definition) is 2. The molecule has 2 aromatic carbocycles. The quantitative estimate of drug-likeness (QED) is 0.644. The number of benzene rings is 2. The molecule has 0 heterocycles. The van der Waals surface area contributed by atoms with Crippen molar-refractivity contribution in [2.75, 3.05) is 0 Å². The molecule has 3 N–H and O–H groups in total. The average molecular weight is 267 g/mol. The molecule has 0 aromatic heterocycles. The minimum atomic E-state index is -0.918. The molecule has 1 unspecified atom stereocenters.